The lowest BCUT2D eigenvalue weighted by Crippen LogP contribution is -2.47. The maximum Gasteiger partial charge on any atom is 0.248 e. The number of unbranched alkanes of at least 4 members (excludes halogenated alkanes) is 2. The van der Waals surface area contributed by atoms with Gasteiger partial charge in [0.25, 0.3) is 0 Å². The Morgan fingerprint density at radius 3 is 2.58 bits per heavy atom. The van der Waals surface area contributed by atoms with Crippen molar-refractivity contribution in [2.24, 2.45) is 0 Å². The van der Waals surface area contributed by atoms with Crippen LogP contribution in [0.3, 0.4) is 0 Å². The number of ether oxygens (including phenoxy) is 1. The molecule has 1 saturated heterocycles. The Morgan fingerprint density at radius 2 is 1.95 bits per heavy atom. The van der Waals surface area contributed by atoms with Crippen LogP contribution < -0.4 is 5.32 Å². The van der Waals surface area contributed by atoms with Crippen LogP contribution in [-0.2, 0) is 9.53 Å². The standard InChI is InChI=1S/C15H30N2O2/c1-3-5-6-12-19-13-15(18)17(11-4-2)14-7-9-16-10-8-14/h14,16H,3-13H2,1-2H3. The molecular weight excluding hydrogens is 240 g/mol. The van der Waals surface area contributed by atoms with Crippen molar-refractivity contribution >= 4 is 5.91 Å². The molecule has 1 heterocycles. The fourth-order valence-corrected chi connectivity index (χ4v) is 2.57. The molecule has 0 aromatic carbocycles. The minimum Gasteiger partial charge on any atom is -0.372 e. The maximum absolute atomic E-state index is 12.2. The number of nitrogens with zero attached hydrogens (tertiary/aromatic N) is 1. The third-order valence-electron chi connectivity index (χ3n) is 3.65. The summed E-state index contributed by atoms with van der Waals surface area (Å²) in [6, 6.07) is 0.410. The minimum absolute atomic E-state index is 0.172. The highest BCUT2D eigenvalue weighted by Gasteiger charge is 2.24. The predicted octanol–water partition coefficient (Wildman–Crippen LogP) is 2.18. The molecule has 1 fully saturated rings. The zero-order chi connectivity index (χ0) is 13.9. The molecule has 0 unspecified atom stereocenters. The molecule has 1 amide bonds. The molecule has 1 aliphatic heterocycles. The first-order valence-corrected chi connectivity index (χ1v) is 7.87. The van der Waals surface area contributed by atoms with Gasteiger partial charge in [-0.2, -0.15) is 0 Å². The van der Waals surface area contributed by atoms with Crippen LogP contribution in [0.1, 0.15) is 52.4 Å². The summed E-state index contributed by atoms with van der Waals surface area (Å²) in [5.74, 6) is 0.172. The van der Waals surface area contributed by atoms with Crippen molar-refractivity contribution in [3.63, 3.8) is 0 Å². The number of hydrogen-bond donors (Lipinski definition) is 1. The highest BCUT2D eigenvalue weighted by Crippen LogP contribution is 2.13. The Bertz CT molecular complexity index is 240. The van der Waals surface area contributed by atoms with Crippen molar-refractivity contribution in [2.45, 2.75) is 58.4 Å². The molecule has 1 rings (SSSR count). The third-order valence-corrected chi connectivity index (χ3v) is 3.65. The smallest absolute Gasteiger partial charge is 0.248 e. The van der Waals surface area contributed by atoms with E-state index in [-0.39, 0.29) is 12.5 Å². The van der Waals surface area contributed by atoms with Gasteiger partial charge in [0.2, 0.25) is 5.91 Å². The van der Waals surface area contributed by atoms with Crippen LogP contribution in [0, 0.1) is 0 Å². The number of nitrogens with one attached hydrogen (secondary N) is 1. The first kappa shape index (κ1) is 16.4. The molecule has 19 heavy (non-hydrogen) atoms. The lowest BCUT2D eigenvalue weighted by molar-refractivity contribution is -0.139. The molecule has 0 aromatic rings. The zero-order valence-corrected chi connectivity index (χ0v) is 12.6. The summed E-state index contributed by atoms with van der Waals surface area (Å²) in [7, 11) is 0. The molecule has 0 aromatic heterocycles. The summed E-state index contributed by atoms with van der Waals surface area (Å²) in [4.78, 5) is 14.3. The van der Waals surface area contributed by atoms with E-state index in [4.69, 9.17) is 4.74 Å². The molecule has 0 radical (unpaired) electrons. The Morgan fingerprint density at radius 1 is 1.21 bits per heavy atom. The molecule has 0 saturated carbocycles. The van der Waals surface area contributed by atoms with Gasteiger partial charge in [0, 0.05) is 19.2 Å². The van der Waals surface area contributed by atoms with E-state index in [9.17, 15) is 4.79 Å². The molecule has 0 aliphatic carbocycles. The maximum atomic E-state index is 12.2. The average Bonchev–Trinajstić information content (AvgIpc) is 2.45. The van der Waals surface area contributed by atoms with Gasteiger partial charge in [0.05, 0.1) is 0 Å². The van der Waals surface area contributed by atoms with E-state index in [2.05, 4.69) is 19.2 Å². The number of hydrogen-bond acceptors (Lipinski definition) is 3. The van der Waals surface area contributed by atoms with Crippen molar-refractivity contribution in [3.05, 3.63) is 0 Å². The van der Waals surface area contributed by atoms with Crippen LogP contribution in [0.5, 0.6) is 0 Å². The molecule has 112 valence electrons. The molecule has 1 aliphatic rings. The highest BCUT2D eigenvalue weighted by atomic mass is 16.5. The van der Waals surface area contributed by atoms with E-state index in [0.717, 1.165) is 45.3 Å². The van der Waals surface area contributed by atoms with Gasteiger partial charge >= 0.3 is 0 Å². The van der Waals surface area contributed by atoms with Crippen molar-refractivity contribution in [1.82, 2.24) is 10.2 Å². The molecule has 0 atom stereocenters. The average molecular weight is 270 g/mol. The third kappa shape index (κ3) is 6.39. The first-order chi connectivity index (χ1) is 9.29. The van der Waals surface area contributed by atoms with E-state index in [0.29, 0.717) is 12.6 Å². The van der Waals surface area contributed by atoms with E-state index in [1.807, 2.05) is 4.90 Å². The summed E-state index contributed by atoms with van der Waals surface area (Å²) in [6.07, 6.45) is 6.59. The van der Waals surface area contributed by atoms with Crippen molar-refractivity contribution in [3.8, 4) is 0 Å². The van der Waals surface area contributed by atoms with E-state index >= 15 is 0 Å². The van der Waals surface area contributed by atoms with Gasteiger partial charge in [0.15, 0.2) is 0 Å². The second-order valence-corrected chi connectivity index (χ2v) is 5.33. The molecular formula is C15H30N2O2. The summed E-state index contributed by atoms with van der Waals surface area (Å²) in [5.41, 5.74) is 0. The molecule has 4 nitrogen and oxygen atoms in total. The number of carbonyl (C=O) groups excluding carboxylic acids is 1. The Balaban J connectivity index is 2.30. The second kappa shape index (κ2) is 10.2. The number of amides is 1. The Labute approximate surface area is 117 Å². The van der Waals surface area contributed by atoms with Gasteiger partial charge in [-0.05, 0) is 38.8 Å². The van der Waals surface area contributed by atoms with Crippen LogP contribution in [0.2, 0.25) is 0 Å². The Kier molecular flexibility index (Phi) is 8.84. The predicted molar refractivity (Wildman–Crippen MR) is 78.2 cm³/mol. The monoisotopic (exact) mass is 270 g/mol. The van der Waals surface area contributed by atoms with Crippen LogP contribution in [0.4, 0.5) is 0 Å². The number of carbonyl (C=O) groups is 1. The van der Waals surface area contributed by atoms with Crippen molar-refractivity contribution in [1.29, 1.82) is 0 Å². The highest BCUT2D eigenvalue weighted by molar-refractivity contribution is 5.77. The SMILES string of the molecule is CCCCCOCC(=O)N(CCC)C1CCNCC1. The van der Waals surface area contributed by atoms with Crippen molar-refractivity contribution < 1.29 is 9.53 Å². The van der Waals surface area contributed by atoms with E-state index < -0.39 is 0 Å². The number of rotatable bonds is 9. The zero-order valence-electron chi connectivity index (χ0n) is 12.6. The van der Waals surface area contributed by atoms with Gasteiger partial charge in [-0.3, -0.25) is 4.79 Å². The first-order valence-electron chi connectivity index (χ1n) is 7.87. The van der Waals surface area contributed by atoms with Crippen LogP contribution in [0.25, 0.3) is 0 Å². The van der Waals surface area contributed by atoms with Gasteiger partial charge in [-0.15, -0.1) is 0 Å². The lowest BCUT2D eigenvalue weighted by atomic mass is 10.0. The topological polar surface area (TPSA) is 41.6 Å². The van der Waals surface area contributed by atoms with Crippen LogP contribution in [-0.4, -0.2) is 49.7 Å². The molecule has 0 bridgehead atoms. The normalized spacial score (nSPS) is 16.5. The summed E-state index contributed by atoms with van der Waals surface area (Å²) >= 11 is 0. The van der Waals surface area contributed by atoms with E-state index in [1.54, 1.807) is 0 Å². The number of piperidine rings is 1. The van der Waals surface area contributed by atoms with Crippen LogP contribution in [0.15, 0.2) is 0 Å². The second-order valence-electron chi connectivity index (χ2n) is 5.33. The molecule has 0 spiro atoms. The molecule has 4 heteroatoms. The van der Waals surface area contributed by atoms with Crippen LogP contribution >= 0.6 is 0 Å². The minimum atomic E-state index is 0.172. The summed E-state index contributed by atoms with van der Waals surface area (Å²) in [6.45, 7) is 8.18. The lowest BCUT2D eigenvalue weighted by Gasteiger charge is -2.34. The largest absolute Gasteiger partial charge is 0.372 e. The van der Waals surface area contributed by atoms with Gasteiger partial charge in [-0.1, -0.05) is 26.7 Å². The van der Waals surface area contributed by atoms with Gasteiger partial charge in [0.1, 0.15) is 6.61 Å². The molecule has 1 N–H and O–H groups in total. The fourth-order valence-electron chi connectivity index (χ4n) is 2.57. The van der Waals surface area contributed by atoms with Crippen molar-refractivity contribution in [2.75, 3.05) is 32.8 Å². The Hall–Kier alpha value is -0.610. The fraction of sp³-hybridized carbons (Fsp3) is 0.933. The summed E-state index contributed by atoms with van der Waals surface area (Å²) < 4.78 is 5.51. The van der Waals surface area contributed by atoms with Gasteiger partial charge in [-0.25, -0.2) is 0 Å². The summed E-state index contributed by atoms with van der Waals surface area (Å²) in [5, 5.41) is 3.35. The quantitative estimate of drug-likeness (QED) is 0.653. The van der Waals surface area contributed by atoms with Gasteiger partial charge < -0.3 is 15.0 Å². The van der Waals surface area contributed by atoms with E-state index in [1.165, 1.54) is 12.8 Å².